The Morgan fingerprint density at radius 2 is 1.86 bits per heavy atom. The summed E-state index contributed by atoms with van der Waals surface area (Å²) in [6.07, 6.45) is 5.73. The lowest BCUT2D eigenvalue weighted by atomic mass is 10.1. The molecule has 28 heavy (non-hydrogen) atoms. The number of benzene rings is 1. The van der Waals surface area contributed by atoms with Crippen LogP contribution in [0.25, 0.3) is 0 Å². The summed E-state index contributed by atoms with van der Waals surface area (Å²) in [6.45, 7) is 7.76. The number of aliphatic imine (C=N–C) groups is 1. The summed E-state index contributed by atoms with van der Waals surface area (Å²) in [7, 11) is 5.21. The maximum atomic E-state index is 10.6. The van der Waals surface area contributed by atoms with Crippen molar-refractivity contribution in [2.75, 3.05) is 40.9 Å². The summed E-state index contributed by atoms with van der Waals surface area (Å²) >= 11 is 0. The van der Waals surface area contributed by atoms with E-state index in [0.717, 1.165) is 37.5 Å². The maximum Gasteiger partial charge on any atom is 0.193 e. The summed E-state index contributed by atoms with van der Waals surface area (Å²) in [5, 5.41) is 13.8. The first-order valence-corrected chi connectivity index (χ1v) is 9.57. The van der Waals surface area contributed by atoms with Gasteiger partial charge in [-0.25, -0.2) is 0 Å². The van der Waals surface area contributed by atoms with Crippen molar-refractivity contribution in [2.24, 2.45) is 4.99 Å². The van der Waals surface area contributed by atoms with Crippen LogP contribution in [0.5, 0.6) is 11.5 Å². The minimum atomic E-state index is -0.733. The molecule has 0 aliphatic carbocycles. The van der Waals surface area contributed by atoms with Crippen molar-refractivity contribution < 1.29 is 14.6 Å². The minimum Gasteiger partial charge on any atom is -0.497 e. The van der Waals surface area contributed by atoms with Gasteiger partial charge in [0.05, 0.1) is 26.9 Å². The Kier molecular flexibility index (Phi) is 14.6. The minimum absolute atomic E-state index is 0. The van der Waals surface area contributed by atoms with E-state index in [0.29, 0.717) is 11.5 Å². The highest BCUT2D eigenvalue weighted by Gasteiger charge is 2.12. The lowest BCUT2D eigenvalue weighted by Crippen LogP contribution is -2.39. The second kappa shape index (κ2) is 15.4. The fraction of sp³-hybridized carbons (Fsp3) is 0.571. The zero-order chi connectivity index (χ0) is 20.1. The smallest absolute Gasteiger partial charge is 0.193 e. The van der Waals surface area contributed by atoms with Gasteiger partial charge in [0, 0.05) is 26.2 Å². The van der Waals surface area contributed by atoms with Crippen molar-refractivity contribution in [3.05, 3.63) is 36.4 Å². The molecule has 7 heteroatoms. The number of aliphatic hydroxyl groups is 1. The normalized spacial score (nSPS) is 12.0. The number of halogens is 1. The molecule has 0 spiro atoms. The number of unbranched alkanes of at least 4 members (excludes halogenated alkanes) is 3. The highest BCUT2D eigenvalue weighted by Crippen LogP contribution is 2.26. The molecule has 0 fully saturated rings. The topological polar surface area (TPSA) is 66.3 Å². The van der Waals surface area contributed by atoms with Gasteiger partial charge < -0.3 is 24.8 Å². The Morgan fingerprint density at radius 3 is 2.39 bits per heavy atom. The van der Waals surface area contributed by atoms with Gasteiger partial charge in [-0.1, -0.05) is 12.5 Å². The van der Waals surface area contributed by atoms with Gasteiger partial charge in [0.2, 0.25) is 0 Å². The molecule has 2 N–H and O–H groups in total. The highest BCUT2D eigenvalue weighted by atomic mass is 127. The molecule has 0 amide bonds. The molecule has 0 aromatic heterocycles. The summed E-state index contributed by atoms with van der Waals surface area (Å²) in [6, 6.07) is 5.39. The van der Waals surface area contributed by atoms with Gasteiger partial charge in [-0.15, -0.1) is 30.6 Å². The van der Waals surface area contributed by atoms with E-state index in [1.54, 1.807) is 32.4 Å². The predicted octanol–water partition coefficient (Wildman–Crippen LogP) is 4.00. The molecule has 1 aromatic carbocycles. The Labute approximate surface area is 187 Å². The summed E-state index contributed by atoms with van der Waals surface area (Å²) in [5.41, 5.74) is 0.720. The van der Waals surface area contributed by atoms with Crippen LogP contribution in [-0.2, 0) is 0 Å². The number of guanidine groups is 1. The second-order valence-electron chi connectivity index (χ2n) is 6.42. The van der Waals surface area contributed by atoms with Gasteiger partial charge in [-0.2, -0.15) is 0 Å². The zero-order valence-electron chi connectivity index (χ0n) is 17.6. The number of methoxy groups -OCH3 is 2. The van der Waals surface area contributed by atoms with Crippen LogP contribution in [0, 0.1) is 0 Å². The van der Waals surface area contributed by atoms with Crippen LogP contribution in [0.3, 0.4) is 0 Å². The van der Waals surface area contributed by atoms with Crippen molar-refractivity contribution in [2.45, 2.75) is 38.7 Å². The van der Waals surface area contributed by atoms with Gasteiger partial charge in [0.25, 0.3) is 0 Å². The van der Waals surface area contributed by atoms with E-state index in [2.05, 4.69) is 21.8 Å². The van der Waals surface area contributed by atoms with E-state index < -0.39 is 6.10 Å². The highest BCUT2D eigenvalue weighted by molar-refractivity contribution is 14.0. The molecule has 0 saturated carbocycles. The van der Waals surface area contributed by atoms with Crippen LogP contribution in [-0.4, -0.2) is 56.9 Å². The van der Waals surface area contributed by atoms with Crippen molar-refractivity contribution in [3.63, 3.8) is 0 Å². The second-order valence-corrected chi connectivity index (χ2v) is 6.42. The quantitative estimate of drug-likeness (QED) is 0.148. The van der Waals surface area contributed by atoms with E-state index >= 15 is 0 Å². The largest absolute Gasteiger partial charge is 0.497 e. The third-order valence-corrected chi connectivity index (χ3v) is 4.27. The lowest BCUT2D eigenvalue weighted by Gasteiger charge is -2.22. The van der Waals surface area contributed by atoms with Crippen LogP contribution in [0.15, 0.2) is 35.8 Å². The van der Waals surface area contributed by atoms with Crippen LogP contribution < -0.4 is 14.8 Å². The maximum absolute atomic E-state index is 10.6. The summed E-state index contributed by atoms with van der Waals surface area (Å²) < 4.78 is 10.5. The van der Waals surface area contributed by atoms with Crippen molar-refractivity contribution in [3.8, 4) is 11.5 Å². The first-order valence-electron chi connectivity index (χ1n) is 9.57. The molecule has 1 aromatic rings. The van der Waals surface area contributed by atoms with Gasteiger partial charge in [-0.05, 0) is 43.9 Å². The molecular weight excluding hydrogens is 469 g/mol. The molecule has 0 radical (unpaired) electrons. The number of ether oxygens (including phenoxy) is 2. The van der Waals surface area contributed by atoms with E-state index in [1.165, 1.54) is 12.8 Å². The molecular formula is C21H36IN3O3. The first kappa shape index (κ1) is 26.5. The number of nitrogens with one attached hydrogen (secondary N) is 1. The van der Waals surface area contributed by atoms with Gasteiger partial charge in [-0.3, -0.25) is 4.99 Å². The van der Waals surface area contributed by atoms with Gasteiger partial charge >= 0.3 is 0 Å². The summed E-state index contributed by atoms with van der Waals surface area (Å²) in [5.74, 6) is 2.10. The van der Waals surface area contributed by atoms with E-state index in [1.807, 2.05) is 20.0 Å². The Hall–Kier alpha value is -1.48. The fourth-order valence-electron chi connectivity index (χ4n) is 2.69. The van der Waals surface area contributed by atoms with Crippen molar-refractivity contribution in [1.29, 1.82) is 0 Å². The van der Waals surface area contributed by atoms with E-state index in [4.69, 9.17) is 9.47 Å². The average Bonchev–Trinajstić information content (AvgIpc) is 2.69. The molecule has 0 saturated heterocycles. The van der Waals surface area contributed by atoms with Gasteiger partial charge in [0.15, 0.2) is 5.96 Å². The van der Waals surface area contributed by atoms with E-state index in [-0.39, 0.29) is 30.5 Å². The number of allylic oxidation sites excluding steroid dienone is 1. The van der Waals surface area contributed by atoms with E-state index in [9.17, 15) is 5.11 Å². The molecule has 1 rings (SSSR count). The number of rotatable bonds is 12. The molecule has 0 aliphatic heterocycles. The van der Waals surface area contributed by atoms with Crippen LogP contribution in [0.4, 0.5) is 0 Å². The Morgan fingerprint density at radius 1 is 1.21 bits per heavy atom. The van der Waals surface area contributed by atoms with Gasteiger partial charge in [0.1, 0.15) is 11.5 Å². The number of nitrogens with zero attached hydrogens (tertiary/aromatic N) is 2. The third-order valence-electron chi connectivity index (χ3n) is 4.27. The molecule has 160 valence electrons. The van der Waals surface area contributed by atoms with Crippen molar-refractivity contribution in [1.82, 2.24) is 10.2 Å². The van der Waals surface area contributed by atoms with Crippen LogP contribution >= 0.6 is 24.0 Å². The number of aliphatic hydroxyl groups excluding tert-OH is 1. The lowest BCUT2D eigenvalue weighted by molar-refractivity contribution is 0.185. The monoisotopic (exact) mass is 505 g/mol. The number of hydrogen-bond acceptors (Lipinski definition) is 4. The predicted molar refractivity (Wildman–Crippen MR) is 127 cm³/mol. The number of hydrogen-bond donors (Lipinski definition) is 2. The average molecular weight is 505 g/mol. The third kappa shape index (κ3) is 9.64. The Balaban J connectivity index is 0.00000729. The molecule has 0 heterocycles. The summed E-state index contributed by atoms with van der Waals surface area (Å²) in [4.78, 5) is 6.71. The molecule has 1 unspecified atom stereocenters. The standard InChI is InChI=1S/C21H35N3O3.HI/c1-6-8-9-10-11-12-24(3)21(22-7-2)23-16-20(25)17-13-18(26-4)15-19(14-17)27-5;/h6,13-15,20,25H,1,7-12,16H2,2-5H3,(H,22,23);1H. The molecule has 6 nitrogen and oxygen atoms in total. The molecule has 0 bridgehead atoms. The Bertz CT molecular complexity index is 574. The first-order chi connectivity index (χ1) is 13.0. The van der Waals surface area contributed by atoms with Crippen LogP contribution in [0.2, 0.25) is 0 Å². The fourth-order valence-corrected chi connectivity index (χ4v) is 2.69. The van der Waals surface area contributed by atoms with Crippen molar-refractivity contribution >= 4 is 29.9 Å². The SMILES string of the molecule is C=CCCCCCN(C)C(=NCC(O)c1cc(OC)cc(OC)c1)NCC.I. The molecule has 1 atom stereocenters. The van der Waals surface area contributed by atoms with Crippen LogP contribution in [0.1, 0.15) is 44.3 Å². The molecule has 0 aliphatic rings. The zero-order valence-corrected chi connectivity index (χ0v) is 19.9.